The summed E-state index contributed by atoms with van der Waals surface area (Å²) >= 11 is 0. The molecule has 0 unspecified atom stereocenters. The van der Waals surface area contributed by atoms with E-state index in [4.69, 9.17) is 4.98 Å². The molecule has 29 heavy (non-hydrogen) atoms. The van der Waals surface area contributed by atoms with Crippen LogP contribution in [-0.2, 0) is 22.6 Å². The second-order valence-corrected chi connectivity index (χ2v) is 7.37. The number of fused-ring (bicyclic) bond motifs is 1. The van der Waals surface area contributed by atoms with Crippen LogP contribution in [0.25, 0.3) is 11.0 Å². The fraction of sp³-hybridized carbons (Fsp3) is 0.348. The molecular formula is C23H28N4O2. The van der Waals surface area contributed by atoms with Crippen molar-refractivity contribution in [1.29, 1.82) is 0 Å². The van der Waals surface area contributed by atoms with Crippen molar-refractivity contribution in [3.63, 3.8) is 0 Å². The van der Waals surface area contributed by atoms with Crippen molar-refractivity contribution in [2.45, 2.75) is 39.7 Å². The Labute approximate surface area is 171 Å². The van der Waals surface area contributed by atoms with Gasteiger partial charge in [0.1, 0.15) is 12.4 Å². The predicted molar refractivity (Wildman–Crippen MR) is 116 cm³/mol. The van der Waals surface area contributed by atoms with Crippen LogP contribution in [0.3, 0.4) is 0 Å². The van der Waals surface area contributed by atoms with Gasteiger partial charge in [0, 0.05) is 19.2 Å². The van der Waals surface area contributed by atoms with Gasteiger partial charge in [-0.1, -0.05) is 43.2 Å². The van der Waals surface area contributed by atoms with Gasteiger partial charge in [-0.05, 0) is 37.6 Å². The Morgan fingerprint density at radius 2 is 1.83 bits per heavy atom. The number of anilines is 1. The van der Waals surface area contributed by atoms with Crippen LogP contribution >= 0.6 is 0 Å². The molecule has 3 aromatic rings. The number of nitrogens with one attached hydrogen (secondary N) is 1. The molecular weight excluding hydrogens is 364 g/mol. The molecule has 0 aliphatic rings. The maximum absolute atomic E-state index is 12.8. The maximum atomic E-state index is 12.8. The highest BCUT2D eigenvalue weighted by atomic mass is 16.2. The first-order valence-electron chi connectivity index (χ1n) is 10.0. The molecule has 1 aromatic heterocycles. The summed E-state index contributed by atoms with van der Waals surface area (Å²) in [7, 11) is 1.65. The van der Waals surface area contributed by atoms with Crippen molar-refractivity contribution in [3.8, 4) is 0 Å². The van der Waals surface area contributed by atoms with E-state index in [1.807, 2.05) is 60.0 Å². The summed E-state index contributed by atoms with van der Waals surface area (Å²) in [4.78, 5) is 31.3. The molecule has 0 saturated carbocycles. The highest BCUT2D eigenvalue weighted by Gasteiger charge is 2.17. The number of carbonyl (C=O) groups is 2. The number of likely N-dealkylation sites (N-methyl/N-ethyl adjacent to an activating group) is 1. The zero-order valence-corrected chi connectivity index (χ0v) is 17.3. The fourth-order valence-electron chi connectivity index (χ4n) is 3.22. The van der Waals surface area contributed by atoms with Crippen LogP contribution in [-0.4, -0.2) is 39.9 Å². The summed E-state index contributed by atoms with van der Waals surface area (Å²) in [5, 5.41) is 2.83. The van der Waals surface area contributed by atoms with Gasteiger partial charge < -0.3 is 14.8 Å². The molecule has 0 aliphatic carbocycles. The van der Waals surface area contributed by atoms with Crippen molar-refractivity contribution < 1.29 is 9.59 Å². The van der Waals surface area contributed by atoms with Crippen LogP contribution in [0, 0.1) is 6.92 Å². The first-order chi connectivity index (χ1) is 14.0. The summed E-state index contributed by atoms with van der Waals surface area (Å²) in [6.45, 7) is 4.31. The van der Waals surface area contributed by atoms with Crippen LogP contribution in [0.1, 0.15) is 31.2 Å². The number of amides is 2. The van der Waals surface area contributed by atoms with Gasteiger partial charge in [0.05, 0.1) is 17.6 Å². The Morgan fingerprint density at radius 3 is 2.55 bits per heavy atom. The third kappa shape index (κ3) is 5.22. The molecule has 0 fully saturated rings. The standard InChI is InChI=1S/C23H28N4O2/c1-4-5-10-21-25-19-8-6-7-9-20(19)27(21)16-23(29)26(3)15-22(28)24-18-13-11-17(2)12-14-18/h6-9,11-14H,4-5,10,15-16H2,1-3H3,(H,24,28). The van der Waals surface area contributed by atoms with Crippen LogP contribution in [0.15, 0.2) is 48.5 Å². The normalized spacial score (nSPS) is 10.9. The molecule has 2 aromatic carbocycles. The third-order valence-corrected chi connectivity index (χ3v) is 4.92. The van der Waals surface area contributed by atoms with E-state index in [-0.39, 0.29) is 24.9 Å². The van der Waals surface area contributed by atoms with Crippen molar-refractivity contribution in [3.05, 3.63) is 59.9 Å². The van der Waals surface area contributed by atoms with Gasteiger partial charge in [-0.3, -0.25) is 9.59 Å². The second kappa shape index (κ2) is 9.37. The van der Waals surface area contributed by atoms with E-state index in [1.165, 1.54) is 4.90 Å². The van der Waals surface area contributed by atoms with Gasteiger partial charge in [-0.15, -0.1) is 0 Å². The second-order valence-electron chi connectivity index (χ2n) is 7.37. The lowest BCUT2D eigenvalue weighted by Crippen LogP contribution is -2.37. The maximum Gasteiger partial charge on any atom is 0.243 e. The van der Waals surface area contributed by atoms with E-state index in [1.54, 1.807) is 7.05 Å². The lowest BCUT2D eigenvalue weighted by Gasteiger charge is -2.18. The molecule has 2 amide bonds. The van der Waals surface area contributed by atoms with Gasteiger partial charge in [-0.25, -0.2) is 4.98 Å². The third-order valence-electron chi connectivity index (χ3n) is 4.92. The number of hydrogen-bond donors (Lipinski definition) is 1. The van der Waals surface area contributed by atoms with Gasteiger partial charge in [0.25, 0.3) is 0 Å². The zero-order valence-electron chi connectivity index (χ0n) is 17.3. The molecule has 152 valence electrons. The number of hydrogen-bond acceptors (Lipinski definition) is 3. The average Bonchev–Trinajstić information content (AvgIpc) is 3.05. The molecule has 0 saturated heterocycles. The minimum absolute atomic E-state index is 0.00360. The van der Waals surface area contributed by atoms with Crippen molar-refractivity contribution in [1.82, 2.24) is 14.5 Å². The largest absolute Gasteiger partial charge is 0.335 e. The number of para-hydroxylation sites is 2. The van der Waals surface area contributed by atoms with E-state index in [2.05, 4.69) is 12.2 Å². The lowest BCUT2D eigenvalue weighted by atomic mass is 10.2. The predicted octanol–water partition coefficient (Wildman–Crippen LogP) is 3.78. The molecule has 0 radical (unpaired) electrons. The first kappa shape index (κ1) is 20.6. The summed E-state index contributed by atoms with van der Waals surface area (Å²) in [5.41, 5.74) is 3.70. The van der Waals surface area contributed by atoms with Crippen molar-refractivity contribution in [2.24, 2.45) is 0 Å². The highest BCUT2D eigenvalue weighted by molar-refractivity contribution is 5.94. The highest BCUT2D eigenvalue weighted by Crippen LogP contribution is 2.18. The van der Waals surface area contributed by atoms with Gasteiger partial charge in [0.2, 0.25) is 11.8 Å². The zero-order chi connectivity index (χ0) is 20.8. The summed E-state index contributed by atoms with van der Waals surface area (Å²) < 4.78 is 1.97. The Hall–Kier alpha value is -3.15. The van der Waals surface area contributed by atoms with Crippen LogP contribution < -0.4 is 5.32 Å². The first-order valence-corrected chi connectivity index (χ1v) is 10.0. The van der Waals surface area contributed by atoms with Crippen molar-refractivity contribution in [2.75, 3.05) is 18.9 Å². The lowest BCUT2D eigenvalue weighted by molar-refractivity contribution is -0.133. The van der Waals surface area contributed by atoms with Crippen molar-refractivity contribution >= 4 is 28.5 Å². The summed E-state index contributed by atoms with van der Waals surface area (Å²) in [5.74, 6) is 0.579. The molecule has 3 rings (SSSR count). The minimum atomic E-state index is -0.216. The van der Waals surface area contributed by atoms with Gasteiger partial charge in [0.15, 0.2) is 0 Å². The molecule has 6 nitrogen and oxygen atoms in total. The molecule has 0 spiro atoms. The summed E-state index contributed by atoms with van der Waals surface area (Å²) in [6, 6.07) is 15.4. The van der Waals surface area contributed by atoms with E-state index < -0.39 is 0 Å². The number of benzene rings is 2. The summed E-state index contributed by atoms with van der Waals surface area (Å²) in [6.07, 6.45) is 2.92. The number of carbonyl (C=O) groups excluding carboxylic acids is 2. The fourth-order valence-corrected chi connectivity index (χ4v) is 3.22. The van der Waals surface area contributed by atoms with Crippen LogP contribution in [0.2, 0.25) is 0 Å². The van der Waals surface area contributed by atoms with E-state index in [0.717, 1.165) is 47.4 Å². The van der Waals surface area contributed by atoms with Crippen LogP contribution in [0.4, 0.5) is 5.69 Å². The number of nitrogens with zero attached hydrogens (tertiary/aromatic N) is 3. The molecule has 0 atom stereocenters. The van der Waals surface area contributed by atoms with Gasteiger partial charge >= 0.3 is 0 Å². The number of aryl methyl sites for hydroxylation is 2. The Balaban J connectivity index is 1.67. The smallest absolute Gasteiger partial charge is 0.243 e. The van der Waals surface area contributed by atoms with E-state index in [9.17, 15) is 9.59 Å². The Kier molecular flexibility index (Phi) is 6.65. The number of unbranched alkanes of at least 4 members (excludes halogenated alkanes) is 1. The molecule has 6 heteroatoms. The molecule has 0 aliphatic heterocycles. The quantitative estimate of drug-likeness (QED) is 0.634. The monoisotopic (exact) mass is 392 g/mol. The number of aromatic nitrogens is 2. The Bertz CT molecular complexity index is 992. The van der Waals surface area contributed by atoms with E-state index >= 15 is 0 Å². The topological polar surface area (TPSA) is 67.2 Å². The van der Waals surface area contributed by atoms with Gasteiger partial charge in [-0.2, -0.15) is 0 Å². The molecule has 1 heterocycles. The minimum Gasteiger partial charge on any atom is -0.335 e. The molecule has 0 bridgehead atoms. The SMILES string of the molecule is CCCCc1nc2ccccc2n1CC(=O)N(C)CC(=O)Nc1ccc(C)cc1. The van der Waals surface area contributed by atoms with E-state index in [0.29, 0.717) is 0 Å². The number of imidazole rings is 1. The number of rotatable bonds is 8. The Morgan fingerprint density at radius 1 is 1.10 bits per heavy atom. The molecule has 1 N–H and O–H groups in total. The van der Waals surface area contributed by atoms with Crippen LogP contribution in [0.5, 0.6) is 0 Å². The average molecular weight is 393 g/mol.